The largest absolute Gasteiger partial charge is 0.434 e. The maximum atomic E-state index is 13.0. The van der Waals surface area contributed by atoms with Crippen molar-refractivity contribution >= 4 is 22.8 Å². The number of benzene rings is 3. The maximum Gasteiger partial charge on any atom is 0.387 e. The number of halogens is 2. The minimum atomic E-state index is -2.87. The second-order valence-electron chi connectivity index (χ2n) is 7.39. The number of rotatable bonds is 5. The number of hydrogen-bond donors (Lipinski definition) is 1. The lowest BCUT2D eigenvalue weighted by Gasteiger charge is -2.28. The fraction of sp³-hybridized carbons (Fsp3) is 0.208. The van der Waals surface area contributed by atoms with Gasteiger partial charge in [0, 0.05) is 17.0 Å². The predicted molar refractivity (Wildman–Crippen MR) is 120 cm³/mol. The maximum absolute atomic E-state index is 13.0. The van der Waals surface area contributed by atoms with Crippen LogP contribution >= 0.6 is 11.8 Å². The van der Waals surface area contributed by atoms with Crippen molar-refractivity contribution in [3.63, 3.8) is 0 Å². The van der Waals surface area contributed by atoms with Gasteiger partial charge >= 0.3 is 6.61 Å². The number of aromatic nitrogens is 2. The van der Waals surface area contributed by atoms with Gasteiger partial charge in [-0.25, -0.2) is 4.98 Å². The molecule has 0 bridgehead atoms. The first-order valence-corrected chi connectivity index (χ1v) is 11.3. The molecule has 0 amide bonds. The first-order chi connectivity index (χ1) is 15.1. The number of alkyl halides is 2. The fourth-order valence-corrected chi connectivity index (χ4v) is 4.61. The van der Waals surface area contributed by atoms with Gasteiger partial charge in [0.1, 0.15) is 11.6 Å². The molecule has 2 heterocycles. The molecule has 158 valence electrons. The average Bonchev–Trinajstić information content (AvgIpc) is 3.17. The van der Waals surface area contributed by atoms with E-state index in [1.807, 2.05) is 18.2 Å². The summed E-state index contributed by atoms with van der Waals surface area (Å²) < 4.78 is 33.0. The lowest BCUT2D eigenvalue weighted by atomic mass is 10.0. The highest BCUT2D eigenvalue weighted by Crippen LogP contribution is 2.35. The lowest BCUT2D eigenvalue weighted by Crippen LogP contribution is -2.34. The first-order valence-electron chi connectivity index (χ1n) is 10.0. The zero-order chi connectivity index (χ0) is 21.4. The number of para-hydroxylation sites is 1. The molecule has 4 aromatic rings. The van der Waals surface area contributed by atoms with Gasteiger partial charge in [-0.3, -0.25) is 0 Å². The van der Waals surface area contributed by atoms with E-state index < -0.39 is 6.61 Å². The summed E-state index contributed by atoms with van der Waals surface area (Å²) in [6.07, 6.45) is 2.06. The van der Waals surface area contributed by atoms with Crippen LogP contribution in [0.15, 0.2) is 71.6 Å². The molecule has 0 saturated heterocycles. The topological polar surface area (TPSA) is 39.1 Å². The van der Waals surface area contributed by atoms with Crippen LogP contribution in [-0.2, 0) is 6.54 Å². The Hall–Kier alpha value is -2.90. The Labute approximate surface area is 183 Å². The Balaban J connectivity index is 1.62. The second kappa shape index (κ2) is 8.32. The molecule has 5 rings (SSSR count). The fourth-order valence-electron chi connectivity index (χ4n) is 4.20. The van der Waals surface area contributed by atoms with Crippen molar-refractivity contribution < 1.29 is 13.5 Å². The van der Waals surface area contributed by atoms with Gasteiger partial charge in [-0.05, 0) is 47.7 Å². The van der Waals surface area contributed by atoms with Crippen LogP contribution in [-0.4, -0.2) is 29.0 Å². The first kappa shape index (κ1) is 20.0. The number of hydrogen-bond acceptors (Lipinski definition) is 4. The van der Waals surface area contributed by atoms with Crippen LogP contribution in [0.3, 0.4) is 0 Å². The molecule has 1 atom stereocenters. The molecule has 1 N–H and O–H groups in total. The Morgan fingerprint density at radius 3 is 2.61 bits per heavy atom. The van der Waals surface area contributed by atoms with Crippen molar-refractivity contribution in [2.45, 2.75) is 24.1 Å². The van der Waals surface area contributed by atoms with E-state index in [0.717, 1.165) is 28.0 Å². The SMILES string of the molecule is CSc1ccc(-c2ccc3nc4n(c3c2)C(c2ccccc2OC(F)F)CNC4)cc1. The Morgan fingerprint density at radius 2 is 1.84 bits per heavy atom. The molecule has 3 aromatic carbocycles. The molecule has 0 spiro atoms. The van der Waals surface area contributed by atoms with E-state index in [1.165, 1.54) is 4.90 Å². The van der Waals surface area contributed by atoms with E-state index >= 15 is 0 Å². The quantitative estimate of drug-likeness (QED) is 0.406. The van der Waals surface area contributed by atoms with E-state index in [-0.39, 0.29) is 11.8 Å². The summed E-state index contributed by atoms with van der Waals surface area (Å²) >= 11 is 1.71. The molecule has 1 aliphatic rings. The van der Waals surface area contributed by atoms with E-state index in [2.05, 4.69) is 52.5 Å². The molecule has 31 heavy (non-hydrogen) atoms. The van der Waals surface area contributed by atoms with Crippen molar-refractivity contribution in [1.82, 2.24) is 14.9 Å². The summed E-state index contributed by atoms with van der Waals surface area (Å²) in [6.45, 7) is -1.64. The van der Waals surface area contributed by atoms with Crippen LogP contribution < -0.4 is 10.1 Å². The number of fused-ring (bicyclic) bond motifs is 3. The molecular weight excluding hydrogens is 416 g/mol. The number of nitrogens with one attached hydrogen (secondary N) is 1. The molecule has 0 saturated carbocycles. The van der Waals surface area contributed by atoms with Gasteiger partial charge in [0.15, 0.2) is 0 Å². The Bertz CT molecular complexity index is 1220. The minimum absolute atomic E-state index is 0.196. The van der Waals surface area contributed by atoms with Crippen molar-refractivity contribution in [1.29, 1.82) is 0 Å². The van der Waals surface area contributed by atoms with E-state index in [1.54, 1.807) is 23.9 Å². The molecule has 1 aromatic heterocycles. The number of nitrogens with zero attached hydrogens (tertiary/aromatic N) is 2. The van der Waals surface area contributed by atoms with Crippen LogP contribution in [0.1, 0.15) is 17.4 Å². The van der Waals surface area contributed by atoms with Crippen molar-refractivity contribution in [2.24, 2.45) is 0 Å². The monoisotopic (exact) mass is 437 g/mol. The number of ether oxygens (including phenoxy) is 1. The van der Waals surface area contributed by atoms with E-state index in [0.29, 0.717) is 18.7 Å². The van der Waals surface area contributed by atoms with Crippen LogP contribution in [0.25, 0.3) is 22.2 Å². The van der Waals surface area contributed by atoms with Gasteiger partial charge < -0.3 is 14.6 Å². The summed E-state index contributed by atoms with van der Waals surface area (Å²) in [7, 11) is 0. The standard InChI is InChI=1S/C24H21F2N3OS/c1-31-17-9-6-15(7-10-17)16-8-11-19-20(12-16)29-21(13-27-14-23(29)28-19)18-4-2-3-5-22(18)30-24(25)26/h2-12,21,24,27H,13-14H2,1H3. The Kier molecular flexibility index (Phi) is 5.38. The third kappa shape index (κ3) is 3.79. The summed E-state index contributed by atoms with van der Waals surface area (Å²) in [6, 6.07) is 21.5. The van der Waals surface area contributed by atoms with E-state index in [9.17, 15) is 8.78 Å². The van der Waals surface area contributed by atoms with E-state index in [4.69, 9.17) is 9.72 Å². The van der Waals surface area contributed by atoms with Crippen molar-refractivity contribution in [2.75, 3.05) is 12.8 Å². The summed E-state index contributed by atoms with van der Waals surface area (Å²) in [5, 5.41) is 3.36. The molecule has 4 nitrogen and oxygen atoms in total. The molecule has 0 radical (unpaired) electrons. The summed E-state index contributed by atoms with van der Waals surface area (Å²) in [4.78, 5) is 6.01. The molecular formula is C24H21F2N3OS. The highest BCUT2D eigenvalue weighted by Gasteiger charge is 2.27. The second-order valence-corrected chi connectivity index (χ2v) is 8.27. The highest BCUT2D eigenvalue weighted by atomic mass is 32.2. The normalized spacial score (nSPS) is 15.9. The average molecular weight is 438 g/mol. The van der Waals surface area contributed by atoms with Gasteiger partial charge in [-0.1, -0.05) is 36.4 Å². The van der Waals surface area contributed by atoms with Gasteiger partial charge in [-0.15, -0.1) is 11.8 Å². The molecule has 1 unspecified atom stereocenters. The van der Waals surface area contributed by atoms with Crippen LogP contribution in [0.5, 0.6) is 5.75 Å². The summed E-state index contributed by atoms with van der Waals surface area (Å²) in [5.74, 6) is 1.08. The van der Waals surface area contributed by atoms with Gasteiger partial charge in [0.2, 0.25) is 0 Å². The van der Waals surface area contributed by atoms with Crippen LogP contribution in [0.4, 0.5) is 8.78 Å². The molecule has 0 fully saturated rings. The zero-order valence-electron chi connectivity index (χ0n) is 16.9. The third-order valence-electron chi connectivity index (χ3n) is 5.61. The van der Waals surface area contributed by atoms with Gasteiger partial charge in [-0.2, -0.15) is 8.78 Å². The molecule has 1 aliphatic heterocycles. The molecule has 7 heteroatoms. The van der Waals surface area contributed by atoms with Crippen LogP contribution in [0.2, 0.25) is 0 Å². The Morgan fingerprint density at radius 1 is 1.06 bits per heavy atom. The van der Waals surface area contributed by atoms with Crippen LogP contribution in [0, 0.1) is 0 Å². The van der Waals surface area contributed by atoms with Gasteiger partial charge in [0.25, 0.3) is 0 Å². The smallest absolute Gasteiger partial charge is 0.387 e. The minimum Gasteiger partial charge on any atom is -0.434 e. The van der Waals surface area contributed by atoms with Crippen molar-refractivity contribution in [3.8, 4) is 16.9 Å². The number of imidazole rings is 1. The van der Waals surface area contributed by atoms with Crippen molar-refractivity contribution in [3.05, 3.63) is 78.1 Å². The highest BCUT2D eigenvalue weighted by molar-refractivity contribution is 7.98. The van der Waals surface area contributed by atoms with Gasteiger partial charge in [0.05, 0.1) is 23.6 Å². The number of thioether (sulfide) groups is 1. The molecule has 0 aliphatic carbocycles. The third-order valence-corrected chi connectivity index (χ3v) is 6.36. The zero-order valence-corrected chi connectivity index (χ0v) is 17.7. The summed E-state index contributed by atoms with van der Waals surface area (Å²) in [5.41, 5.74) is 4.81. The lowest BCUT2D eigenvalue weighted by molar-refractivity contribution is -0.0507. The predicted octanol–water partition coefficient (Wildman–Crippen LogP) is 5.72.